The van der Waals surface area contributed by atoms with Crippen LogP contribution >= 0.6 is 12.4 Å². The molecule has 0 spiro atoms. The highest BCUT2D eigenvalue weighted by molar-refractivity contribution is 7.92. The minimum atomic E-state index is -3.62. The summed E-state index contributed by atoms with van der Waals surface area (Å²) in [5, 5.41) is 3.17. The van der Waals surface area contributed by atoms with Gasteiger partial charge in [0, 0.05) is 18.8 Å². The SMILES string of the molecule is CCCCS(=O)(=O)Nc1ccc(S(=O)(=O)NCC2=CCNCC2)cc1.Cl. The van der Waals surface area contributed by atoms with E-state index in [-0.39, 0.29) is 29.6 Å². The highest BCUT2D eigenvalue weighted by Crippen LogP contribution is 2.16. The first-order valence-corrected chi connectivity index (χ1v) is 11.4. The second kappa shape index (κ2) is 10.3. The normalized spacial score (nSPS) is 15.0. The van der Waals surface area contributed by atoms with Gasteiger partial charge < -0.3 is 5.32 Å². The van der Waals surface area contributed by atoms with Gasteiger partial charge in [0.1, 0.15) is 0 Å². The topological polar surface area (TPSA) is 104 Å². The van der Waals surface area contributed by atoms with E-state index in [2.05, 4.69) is 14.8 Å². The maximum absolute atomic E-state index is 12.3. The third-order valence-electron chi connectivity index (χ3n) is 3.85. The van der Waals surface area contributed by atoms with Crippen LogP contribution in [0.1, 0.15) is 26.2 Å². The first kappa shape index (κ1) is 22.9. The van der Waals surface area contributed by atoms with Crippen LogP contribution in [0.2, 0.25) is 0 Å². The number of anilines is 1. The van der Waals surface area contributed by atoms with Crippen molar-refractivity contribution >= 4 is 38.1 Å². The Hall–Kier alpha value is -1.13. The summed E-state index contributed by atoms with van der Waals surface area (Å²) in [4.78, 5) is 0.110. The molecule has 1 aliphatic heterocycles. The predicted molar refractivity (Wildman–Crippen MR) is 107 cm³/mol. The molecule has 0 unspecified atom stereocenters. The van der Waals surface area contributed by atoms with Crippen molar-refractivity contribution in [2.24, 2.45) is 0 Å². The van der Waals surface area contributed by atoms with Crippen molar-refractivity contribution in [1.82, 2.24) is 10.0 Å². The minimum Gasteiger partial charge on any atom is -0.313 e. The van der Waals surface area contributed by atoms with Crippen molar-refractivity contribution in [2.45, 2.75) is 31.1 Å². The molecule has 1 aromatic rings. The zero-order valence-electron chi connectivity index (χ0n) is 14.7. The van der Waals surface area contributed by atoms with E-state index in [0.717, 1.165) is 31.5 Å². The summed E-state index contributed by atoms with van der Waals surface area (Å²) >= 11 is 0. The van der Waals surface area contributed by atoms with Crippen molar-refractivity contribution in [1.29, 1.82) is 0 Å². The van der Waals surface area contributed by atoms with Crippen molar-refractivity contribution in [2.75, 3.05) is 30.1 Å². The average molecular weight is 424 g/mol. The molecule has 10 heteroatoms. The molecule has 0 radical (unpaired) electrons. The van der Waals surface area contributed by atoms with Gasteiger partial charge in [-0.3, -0.25) is 4.72 Å². The Kier molecular flexibility index (Phi) is 9.05. The number of rotatable bonds is 9. The molecule has 1 heterocycles. The van der Waals surface area contributed by atoms with Crippen LogP contribution in [0.15, 0.2) is 40.8 Å². The first-order chi connectivity index (χ1) is 11.8. The van der Waals surface area contributed by atoms with E-state index in [9.17, 15) is 16.8 Å². The van der Waals surface area contributed by atoms with Gasteiger partial charge in [-0.15, -0.1) is 12.4 Å². The van der Waals surface area contributed by atoms with E-state index in [1.165, 1.54) is 24.3 Å². The quantitative estimate of drug-likeness (QED) is 0.526. The lowest BCUT2D eigenvalue weighted by atomic mass is 10.1. The summed E-state index contributed by atoms with van der Waals surface area (Å²) < 4.78 is 53.4. The Bertz CT molecular complexity index is 806. The van der Waals surface area contributed by atoms with Gasteiger partial charge in [0.05, 0.1) is 10.6 Å². The Labute approximate surface area is 162 Å². The zero-order valence-corrected chi connectivity index (χ0v) is 17.1. The molecular weight excluding hydrogens is 398 g/mol. The van der Waals surface area contributed by atoms with Crippen LogP contribution in [0.3, 0.4) is 0 Å². The van der Waals surface area contributed by atoms with Gasteiger partial charge >= 0.3 is 0 Å². The van der Waals surface area contributed by atoms with Gasteiger partial charge in [0.2, 0.25) is 20.0 Å². The average Bonchev–Trinajstić information content (AvgIpc) is 2.59. The first-order valence-electron chi connectivity index (χ1n) is 8.31. The van der Waals surface area contributed by atoms with Crippen molar-refractivity contribution < 1.29 is 16.8 Å². The Morgan fingerprint density at radius 1 is 1.12 bits per heavy atom. The molecule has 0 saturated carbocycles. The fourth-order valence-electron chi connectivity index (χ4n) is 2.37. The van der Waals surface area contributed by atoms with E-state index in [1.54, 1.807) is 0 Å². The summed E-state index contributed by atoms with van der Waals surface area (Å²) in [6.07, 6.45) is 4.18. The van der Waals surface area contributed by atoms with Crippen LogP contribution in [-0.2, 0) is 20.0 Å². The van der Waals surface area contributed by atoms with Crippen molar-refractivity contribution in [3.63, 3.8) is 0 Å². The second-order valence-corrected chi connectivity index (χ2v) is 9.55. The smallest absolute Gasteiger partial charge is 0.240 e. The van der Waals surface area contributed by atoms with E-state index in [4.69, 9.17) is 0 Å². The van der Waals surface area contributed by atoms with Crippen LogP contribution in [0.5, 0.6) is 0 Å². The van der Waals surface area contributed by atoms with Gasteiger partial charge in [0.25, 0.3) is 0 Å². The molecule has 0 amide bonds. The van der Waals surface area contributed by atoms with Gasteiger partial charge in [0.15, 0.2) is 0 Å². The van der Waals surface area contributed by atoms with Crippen LogP contribution in [-0.4, -0.2) is 42.2 Å². The number of halogens is 1. The predicted octanol–water partition coefficient (Wildman–Crippen LogP) is 1.85. The molecule has 0 saturated heterocycles. The maximum atomic E-state index is 12.3. The maximum Gasteiger partial charge on any atom is 0.240 e. The monoisotopic (exact) mass is 423 g/mol. The third-order valence-corrected chi connectivity index (χ3v) is 6.64. The number of hydrogen-bond donors (Lipinski definition) is 3. The summed E-state index contributed by atoms with van der Waals surface area (Å²) in [5.74, 6) is 0.0507. The number of sulfonamides is 2. The van der Waals surface area contributed by atoms with E-state index in [1.807, 2.05) is 13.0 Å². The van der Waals surface area contributed by atoms with E-state index in [0.29, 0.717) is 12.1 Å². The fraction of sp³-hybridized carbons (Fsp3) is 0.500. The molecule has 148 valence electrons. The fourth-order valence-corrected chi connectivity index (χ4v) is 4.67. The molecule has 1 aromatic carbocycles. The molecule has 7 nitrogen and oxygen atoms in total. The third kappa shape index (κ3) is 7.24. The molecule has 0 fully saturated rings. The molecule has 0 aliphatic carbocycles. The molecule has 2 rings (SSSR count). The molecule has 1 aliphatic rings. The molecule has 0 atom stereocenters. The number of unbranched alkanes of at least 4 members (excludes halogenated alkanes) is 1. The lowest BCUT2D eigenvalue weighted by Gasteiger charge is -2.15. The van der Waals surface area contributed by atoms with Crippen molar-refractivity contribution in [3.05, 3.63) is 35.9 Å². The van der Waals surface area contributed by atoms with Crippen LogP contribution < -0.4 is 14.8 Å². The minimum absolute atomic E-state index is 0. The Morgan fingerprint density at radius 3 is 2.38 bits per heavy atom. The Balaban J connectivity index is 0.00000338. The summed E-state index contributed by atoms with van der Waals surface area (Å²) in [5.41, 5.74) is 1.42. The van der Waals surface area contributed by atoms with Gasteiger partial charge in [-0.05, 0) is 43.7 Å². The Morgan fingerprint density at radius 2 is 1.81 bits per heavy atom. The zero-order chi connectivity index (χ0) is 18.3. The molecule has 3 N–H and O–H groups in total. The van der Waals surface area contributed by atoms with Crippen molar-refractivity contribution in [3.8, 4) is 0 Å². The summed E-state index contributed by atoms with van der Waals surface area (Å²) in [6.45, 7) is 3.81. The molecule has 26 heavy (non-hydrogen) atoms. The van der Waals surface area contributed by atoms with Crippen LogP contribution in [0, 0.1) is 0 Å². The van der Waals surface area contributed by atoms with E-state index < -0.39 is 20.0 Å². The molecular formula is C16H26ClN3O4S2. The number of benzene rings is 1. The summed E-state index contributed by atoms with van der Waals surface area (Å²) in [6, 6.07) is 5.72. The highest BCUT2D eigenvalue weighted by Gasteiger charge is 2.16. The highest BCUT2D eigenvalue weighted by atomic mass is 35.5. The van der Waals surface area contributed by atoms with Crippen LogP contribution in [0.4, 0.5) is 5.69 Å². The lowest BCUT2D eigenvalue weighted by Crippen LogP contribution is -2.29. The van der Waals surface area contributed by atoms with Gasteiger partial charge in [-0.25, -0.2) is 21.6 Å². The number of hydrogen-bond acceptors (Lipinski definition) is 5. The largest absolute Gasteiger partial charge is 0.313 e. The lowest BCUT2D eigenvalue weighted by molar-refractivity contribution is 0.582. The molecule has 0 bridgehead atoms. The summed E-state index contributed by atoms with van der Waals surface area (Å²) in [7, 11) is -7.02. The number of nitrogens with one attached hydrogen (secondary N) is 3. The van der Waals surface area contributed by atoms with Gasteiger partial charge in [-0.1, -0.05) is 25.0 Å². The van der Waals surface area contributed by atoms with Gasteiger partial charge in [-0.2, -0.15) is 0 Å². The standard InChI is InChI=1S/C16H25N3O4S2.ClH/c1-2-3-12-24(20,21)19-15-4-6-16(7-5-15)25(22,23)18-13-14-8-10-17-11-9-14;/h4-8,17-19H,2-3,9-13H2,1H3;1H. The second-order valence-electron chi connectivity index (χ2n) is 5.94. The molecule has 0 aromatic heterocycles. The van der Waals surface area contributed by atoms with E-state index >= 15 is 0 Å². The van der Waals surface area contributed by atoms with Crippen LogP contribution in [0.25, 0.3) is 0 Å².